The Kier molecular flexibility index (Phi) is 5.34. The maximum atomic E-state index is 12.4. The highest BCUT2D eigenvalue weighted by atomic mass is 35.5. The van der Waals surface area contributed by atoms with Gasteiger partial charge in [0, 0.05) is 19.1 Å². The van der Waals surface area contributed by atoms with Crippen LogP contribution in [-0.2, 0) is 14.8 Å². The van der Waals surface area contributed by atoms with Crippen molar-refractivity contribution in [1.82, 2.24) is 4.31 Å². The molecule has 0 spiro atoms. The predicted molar refractivity (Wildman–Crippen MR) is 74.3 cm³/mol. The van der Waals surface area contributed by atoms with Crippen LogP contribution in [0.1, 0.15) is 16.1 Å². The van der Waals surface area contributed by atoms with Gasteiger partial charge in [-0.2, -0.15) is 4.31 Å². The molecule has 6 nitrogen and oxygen atoms in total. The number of thiophene rings is 1. The molecule has 2 heterocycles. The van der Waals surface area contributed by atoms with Crippen molar-refractivity contribution in [3.63, 3.8) is 0 Å². The van der Waals surface area contributed by atoms with Crippen LogP contribution in [0.15, 0.2) is 16.3 Å². The molecule has 9 heteroatoms. The van der Waals surface area contributed by atoms with Crippen molar-refractivity contribution in [3.05, 3.63) is 16.3 Å². The van der Waals surface area contributed by atoms with Gasteiger partial charge in [-0.05, 0) is 17.9 Å². The van der Waals surface area contributed by atoms with E-state index < -0.39 is 16.0 Å². The van der Waals surface area contributed by atoms with Gasteiger partial charge in [0.15, 0.2) is 0 Å². The zero-order valence-electron chi connectivity index (χ0n) is 10.2. The summed E-state index contributed by atoms with van der Waals surface area (Å²) in [6.45, 7) is 0.679. The van der Waals surface area contributed by atoms with E-state index in [1.54, 1.807) is 5.38 Å². The van der Waals surface area contributed by atoms with Gasteiger partial charge in [0.2, 0.25) is 10.0 Å². The second-order valence-electron chi connectivity index (χ2n) is 4.02. The Labute approximate surface area is 122 Å². The van der Waals surface area contributed by atoms with Gasteiger partial charge >= 0.3 is 5.97 Å². The molecule has 1 aliphatic heterocycles. The van der Waals surface area contributed by atoms with E-state index in [1.165, 1.54) is 17.5 Å². The van der Waals surface area contributed by atoms with Crippen LogP contribution in [0.3, 0.4) is 0 Å². The first-order valence-electron chi connectivity index (χ1n) is 5.38. The molecule has 0 bridgehead atoms. The van der Waals surface area contributed by atoms with Gasteiger partial charge < -0.3 is 10.5 Å². The van der Waals surface area contributed by atoms with Gasteiger partial charge in [0.1, 0.15) is 9.77 Å². The molecule has 0 saturated carbocycles. The lowest BCUT2D eigenvalue weighted by Crippen LogP contribution is -2.32. The molecule has 1 aliphatic rings. The summed E-state index contributed by atoms with van der Waals surface area (Å²) in [5.41, 5.74) is 5.70. The molecule has 0 unspecified atom stereocenters. The smallest absolute Gasteiger partial charge is 0.349 e. The molecule has 0 amide bonds. The van der Waals surface area contributed by atoms with Crippen molar-refractivity contribution in [2.45, 2.75) is 17.4 Å². The number of carbonyl (C=O) groups is 1. The van der Waals surface area contributed by atoms with Crippen molar-refractivity contribution >= 4 is 39.7 Å². The Morgan fingerprint density at radius 2 is 2.26 bits per heavy atom. The molecule has 1 aromatic rings. The predicted octanol–water partition coefficient (Wildman–Crippen LogP) is 0.678. The second kappa shape index (κ2) is 6.19. The standard InChI is InChI=1S/C10H14N2O4S2.ClH/c1-16-10(13)9-8(3-5-17-9)18(14,15)12-4-2-7(11)6-12;/h3,5,7H,2,4,6,11H2,1H3;1H/t7-;/m1./s1. The number of esters is 1. The maximum Gasteiger partial charge on any atom is 0.349 e. The quantitative estimate of drug-likeness (QED) is 0.825. The van der Waals surface area contributed by atoms with Crippen LogP contribution in [0, 0.1) is 0 Å². The number of nitrogens with two attached hydrogens (primary N) is 1. The second-order valence-corrected chi connectivity index (χ2v) is 6.84. The summed E-state index contributed by atoms with van der Waals surface area (Å²) >= 11 is 1.06. The fourth-order valence-corrected chi connectivity index (χ4v) is 4.67. The average molecular weight is 327 g/mol. The molecule has 1 atom stereocenters. The molecule has 2 rings (SSSR count). The normalized spacial score (nSPS) is 20.0. The number of hydrogen-bond acceptors (Lipinski definition) is 6. The third-order valence-corrected chi connectivity index (χ3v) is 5.74. The molecule has 108 valence electrons. The van der Waals surface area contributed by atoms with Gasteiger partial charge in [0.05, 0.1) is 7.11 Å². The van der Waals surface area contributed by atoms with E-state index in [4.69, 9.17) is 5.73 Å². The molecule has 19 heavy (non-hydrogen) atoms. The van der Waals surface area contributed by atoms with Crippen molar-refractivity contribution in [3.8, 4) is 0 Å². The van der Waals surface area contributed by atoms with Crippen molar-refractivity contribution in [2.75, 3.05) is 20.2 Å². The molecule has 1 aromatic heterocycles. The van der Waals surface area contributed by atoms with Crippen LogP contribution in [0.4, 0.5) is 0 Å². The van der Waals surface area contributed by atoms with Crippen LogP contribution in [0.2, 0.25) is 0 Å². The Hall–Kier alpha value is -0.670. The molecule has 2 N–H and O–H groups in total. The molecular formula is C10H15ClN2O4S2. The van der Waals surface area contributed by atoms with Crippen LogP contribution < -0.4 is 5.73 Å². The van der Waals surface area contributed by atoms with Crippen molar-refractivity contribution in [2.24, 2.45) is 5.73 Å². The van der Waals surface area contributed by atoms with Crippen LogP contribution >= 0.6 is 23.7 Å². The Morgan fingerprint density at radius 1 is 1.58 bits per heavy atom. The minimum Gasteiger partial charge on any atom is -0.465 e. The van der Waals surface area contributed by atoms with Gasteiger partial charge in [-0.25, -0.2) is 13.2 Å². The molecule has 0 aromatic carbocycles. The average Bonchev–Trinajstić information content (AvgIpc) is 2.96. The third kappa shape index (κ3) is 3.09. The fraction of sp³-hybridized carbons (Fsp3) is 0.500. The molecule has 1 fully saturated rings. The van der Waals surface area contributed by atoms with E-state index in [-0.39, 0.29) is 28.2 Å². The number of halogens is 1. The van der Waals surface area contributed by atoms with E-state index in [2.05, 4.69) is 4.74 Å². The van der Waals surface area contributed by atoms with Crippen LogP contribution in [-0.4, -0.2) is 44.9 Å². The lowest BCUT2D eigenvalue weighted by atomic mass is 10.3. The Bertz CT molecular complexity index is 558. The minimum atomic E-state index is -3.65. The van der Waals surface area contributed by atoms with E-state index in [1.807, 2.05) is 0 Å². The highest BCUT2D eigenvalue weighted by Crippen LogP contribution is 2.27. The summed E-state index contributed by atoms with van der Waals surface area (Å²) in [7, 11) is -2.42. The first-order chi connectivity index (χ1) is 8.46. The first kappa shape index (κ1) is 16.4. The lowest BCUT2D eigenvalue weighted by molar-refractivity contribution is 0.0602. The number of nitrogens with zero attached hydrogens (tertiary/aromatic N) is 1. The minimum absolute atomic E-state index is 0. The summed E-state index contributed by atoms with van der Waals surface area (Å²) < 4.78 is 30.6. The molecule has 0 radical (unpaired) electrons. The van der Waals surface area contributed by atoms with Gasteiger partial charge in [-0.15, -0.1) is 23.7 Å². The van der Waals surface area contributed by atoms with E-state index in [0.29, 0.717) is 19.5 Å². The Morgan fingerprint density at radius 3 is 2.79 bits per heavy atom. The highest BCUT2D eigenvalue weighted by molar-refractivity contribution is 7.89. The van der Waals surface area contributed by atoms with Gasteiger partial charge in [-0.1, -0.05) is 0 Å². The monoisotopic (exact) mass is 326 g/mol. The molecule has 0 aliphatic carbocycles. The van der Waals surface area contributed by atoms with E-state index >= 15 is 0 Å². The maximum absolute atomic E-state index is 12.4. The van der Waals surface area contributed by atoms with E-state index in [0.717, 1.165) is 11.3 Å². The van der Waals surface area contributed by atoms with Gasteiger partial charge in [-0.3, -0.25) is 0 Å². The topological polar surface area (TPSA) is 89.7 Å². The molecule has 1 saturated heterocycles. The zero-order valence-corrected chi connectivity index (χ0v) is 12.7. The van der Waals surface area contributed by atoms with E-state index in [9.17, 15) is 13.2 Å². The van der Waals surface area contributed by atoms with Crippen molar-refractivity contribution in [1.29, 1.82) is 0 Å². The summed E-state index contributed by atoms with van der Waals surface area (Å²) in [4.78, 5) is 11.6. The van der Waals surface area contributed by atoms with Crippen molar-refractivity contribution < 1.29 is 17.9 Å². The number of methoxy groups -OCH3 is 1. The fourth-order valence-electron chi connectivity index (χ4n) is 1.85. The largest absolute Gasteiger partial charge is 0.465 e. The number of sulfonamides is 1. The van der Waals surface area contributed by atoms with Gasteiger partial charge in [0.25, 0.3) is 0 Å². The zero-order chi connectivity index (χ0) is 13.3. The number of ether oxygens (including phenoxy) is 1. The number of rotatable bonds is 3. The summed E-state index contributed by atoms with van der Waals surface area (Å²) in [5.74, 6) is -0.632. The summed E-state index contributed by atoms with van der Waals surface area (Å²) in [6.07, 6.45) is 0.636. The Balaban J connectivity index is 0.00000180. The molecular weight excluding hydrogens is 312 g/mol. The highest BCUT2D eigenvalue weighted by Gasteiger charge is 2.34. The SMILES string of the molecule is COC(=O)c1sccc1S(=O)(=O)N1CC[C@@H](N)C1.Cl. The number of carbonyl (C=O) groups excluding carboxylic acids is 1. The first-order valence-corrected chi connectivity index (χ1v) is 7.70. The third-order valence-electron chi connectivity index (χ3n) is 2.81. The number of hydrogen-bond donors (Lipinski definition) is 1. The summed E-state index contributed by atoms with van der Waals surface area (Å²) in [5, 5.41) is 1.56. The summed E-state index contributed by atoms with van der Waals surface area (Å²) in [6, 6.07) is 1.29. The van der Waals surface area contributed by atoms with Crippen LogP contribution in [0.25, 0.3) is 0 Å². The van der Waals surface area contributed by atoms with Crippen LogP contribution in [0.5, 0.6) is 0 Å². The lowest BCUT2D eigenvalue weighted by Gasteiger charge is -2.15.